The van der Waals surface area contributed by atoms with Gasteiger partial charge in [0.1, 0.15) is 0 Å². The van der Waals surface area contributed by atoms with Crippen LogP contribution in [0.5, 0.6) is 0 Å². The molecule has 0 spiro atoms. The third-order valence-corrected chi connectivity index (χ3v) is 0.624. The van der Waals surface area contributed by atoms with Crippen LogP contribution in [0.15, 0.2) is 12.2 Å². The standard InChI is InChI=1S/C6H10O2.C3H9ClN/c1-4-8-6(7)5(2)3;1-5(2,3)4/h2,4H2,1,3H3;1-3H3/q;+1. The molecular weight excluding hydrogens is 190 g/mol. The molecule has 0 heterocycles. The summed E-state index contributed by atoms with van der Waals surface area (Å²) in [6.45, 7) is 7.21. The van der Waals surface area contributed by atoms with Gasteiger partial charge in [0.05, 0.1) is 27.7 Å². The molecule has 4 heteroatoms. The summed E-state index contributed by atoms with van der Waals surface area (Å²) in [4.78, 5) is 10.4. The first kappa shape index (κ1) is 15.0. The number of ether oxygens (including phenoxy) is 1. The second kappa shape index (κ2) is 6.92. The molecule has 78 valence electrons. The Labute approximate surface area is 85.6 Å². The number of quaternary nitrogens is 1. The van der Waals surface area contributed by atoms with Gasteiger partial charge in [0.15, 0.2) is 11.8 Å². The highest BCUT2D eigenvalue weighted by molar-refractivity contribution is 6.06. The van der Waals surface area contributed by atoms with Gasteiger partial charge in [-0.3, -0.25) is 0 Å². The molecule has 0 aliphatic heterocycles. The maximum atomic E-state index is 10.4. The zero-order valence-electron chi connectivity index (χ0n) is 9.06. The average Bonchev–Trinajstić information content (AvgIpc) is 1.84. The van der Waals surface area contributed by atoms with Crippen molar-refractivity contribution in [3.63, 3.8) is 0 Å². The lowest BCUT2D eigenvalue weighted by molar-refractivity contribution is -0.747. The third-order valence-electron chi connectivity index (χ3n) is 0.624. The molecule has 0 saturated heterocycles. The highest BCUT2D eigenvalue weighted by Gasteiger charge is 1.98. The first-order valence-electron chi connectivity index (χ1n) is 4.02. The van der Waals surface area contributed by atoms with Crippen molar-refractivity contribution in [1.82, 2.24) is 0 Å². The van der Waals surface area contributed by atoms with Gasteiger partial charge < -0.3 is 4.74 Å². The van der Waals surface area contributed by atoms with Crippen LogP contribution in [0.3, 0.4) is 0 Å². The Kier molecular flexibility index (Phi) is 7.96. The predicted octanol–water partition coefficient (Wildman–Crippen LogP) is 1.97. The molecule has 0 saturated carbocycles. The average molecular weight is 209 g/mol. The molecule has 0 aromatic carbocycles. The topological polar surface area (TPSA) is 26.3 Å². The van der Waals surface area contributed by atoms with Crippen LogP contribution in [-0.2, 0) is 9.53 Å². The third kappa shape index (κ3) is 24.6. The minimum Gasteiger partial charge on any atom is -0.463 e. The Bertz CT molecular complexity index is 167. The van der Waals surface area contributed by atoms with E-state index >= 15 is 0 Å². The van der Waals surface area contributed by atoms with Gasteiger partial charge in [-0.25, -0.2) is 8.80 Å². The number of carbonyl (C=O) groups excluding carboxylic acids is 1. The Morgan fingerprint density at radius 1 is 1.46 bits per heavy atom. The summed E-state index contributed by atoms with van der Waals surface area (Å²) in [5.41, 5.74) is 0.451. The van der Waals surface area contributed by atoms with Crippen molar-refractivity contribution >= 4 is 17.7 Å². The van der Waals surface area contributed by atoms with Crippen molar-refractivity contribution in [2.24, 2.45) is 0 Å². The molecule has 0 aliphatic rings. The molecule has 0 bridgehead atoms. The van der Waals surface area contributed by atoms with Crippen LogP contribution in [-0.4, -0.2) is 37.7 Å². The fourth-order valence-corrected chi connectivity index (χ4v) is 0.254. The van der Waals surface area contributed by atoms with E-state index in [0.717, 1.165) is 0 Å². The number of rotatable bonds is 2. The van der Waals surface area contributed by atoms with Gasteiger partial charge >= 0.3 is 5.97 Å². The van der Waals surface area contributed by atoms with Gasteiger partial charge in [0.25, 0.3) is 0 Å². The summed E-state index contributed by atoms with van der Waals surface area (Å²) in [6.07, 6.45) is 0. The zero-order chi connectivity index (χ0) is 11.1. The molecule has 13 heavy (non-hydrogen) atoms. The maximum absolute atomic E-state index is 10.4. The van der Waals surface area contributed by atoms with Crippen LogP contribution < -0.4 is 0 Å². The molecule has 3 nitrogen and oxygen atoms in total. The summed E-state index contributed by atoms with van der Waals surface area (Å²) >= 11 is 5.47. The molecule has 0 aromatic heterocycles. The van der Waals surface area contributed by atoms with Gasteiger partial charge in [0, 0.05) is 5.57 Å². The molecule has 0 amide bonds. The Hall–Kier alpha value is -0.540. The lowest BCUT2D eigenvalue weighted by Gasteiger charge is -2.07. The number of halogens is 1. The smallest absolute Gasteiger partial charge is 0.333 e. The van der Waals surface area contributed by atoms with Crippen LogP contribution in [0.1, 0.15) is 13.8 Å². The van der Waals surface area contributed by atoms with Crippen LogP contribution in [0.2, 0.25) is 0 Å². The molecule has 0 rings (SSSR count). The highest BCUT2D eigenvalue weighted by Crippen LogP contribution is 1.91. The fourth-order valence-electron chi connectivity index (χ4n) is 0.254. The summed E-state index contributed by atoms with van der Waals surface area (Å²) in [7, 11) is 5.67. The van der Waals surface area contributed by atoms with Gasteiger partial charge in [-0.15, -0.1) is 0 Å². The monoisotopic (exact) mass is 208 g/mol. The molecule has 0 atom stereocenters. The van der Waals surface area contributed by atoms with E-state index in [1.165, 1.54) is 0 Å². The van der Waals surface area contributed by atoms with Crippen molar-refractivity contribution in [3.8, 4) is 0 Å². The molecule has 0 N–H and O–H groups in total. The summed E-state index contributed by atoms with van der Waals surface area (Å²) in [6, 6.07) is 0. The second-order valence-electron chi connectivity index (χ2n) is 3.35. The first-order valence-corrected chi connectivity index (χ1v) is 4.36. The maximum Gasteiger partial charge on any atom is 0.333 e. The van der Waals surface area contributed by atoms with Crippen LogP contribution in [0.25, 0.3) is 0 Å². The first-order chi connectivity index (χ1) is 5.68. The number of esters is 1. The van der Waals surface area contributed by atoms with Crippen LogP contribution >= 0.6 is 11.8 Å². The minimum atomic E-state index is -0.312. The Balaban J connectivity index is 0. The molecule has 0 aliphatic carbocycles. The lowest BCUT2D eigenvalue weighted by atomic mass is 10.4. The molecule has 0 unspecified atom stereocenters. The van der Waals surface area contributed by atoms with E-state index in [2.05, 4.69) is 11.3 Å². The van der Waals surface area contributed by atoms with Crippen molar-refractivity contribution in [1.29, 1.82) is 0 Å². The van der Waals surface area contributed by atoms with E-state index in [1.807, 2.05) is 21.1 Å². The van der Waals surface area contributed by atoms with E-state index < -0.39 is 0 Å². The Morgan fingerprint density at radius 3 is 1.85 bits per heavy atom. The number of carbonyl (C=O) groups is 1. The summed E-state index contributed by atoms with van der Waals surface area (Å²) in [5.74, 6) is -0.312. The highest BCUT2D eigenvalue weighted by atomic mass is 35.5. The molecule has 0 fully saturated rings. The van der Waals surface area contributed by atoms with E-state index in [-0.39, 0.29) is 5.97 Å². The van der Waals surface area contributed by atoms with Gasteiger partial charge in [0.2, 0.25) is 0 Å². The van der Waals surface area contributed by atoms with Crippen LogP contribution in [0, 0.1) is 0 Å². The van der Waals surface area contributed by atoms with Crippen molar-refractivity contribution in [3.05, 3.63) is 12.2 Å². The van der Waals surface area contributed by atoms with Gasteiger partial charge in [-0.05, 0) is 13.8 Å². The quantitative estimate of drug-likeness (QED) is 0.394. The SMILES string of the molecule is C=C(C)C(=O)OCC.C[N+](C)(C)Cl. The van der Waals surface area contributed by atoms with Gasteiger partial charge in [-0.2, -0.15) is 0 Å². The van der Waals surface area contributed by atoms with Crippen molar-refractivity contribution in [2.75, 3.05) is 27.7 Å². The van der Waals surface area contributed by atoms with Gasteiger partial charge in [-0.1, -0.05) is 6.58 Å². The van der Waals surface area contributed by atoms with Crippen LogP contribution in [0.4, 0.5) is 0 Å². The van der Waals surface area contributed by atoms with E-state index in [0.29, 0.717) is 16.2 Å². The Morgan fingerprint density at radius 2 is 1.77 bits per heavy atom. The number of hydrogen-bond donors (Lipinski definition) is 0. The molecule has 0 radical (unpaired) electrons. The van der Waals surface area contributed by atoms with E-state index in [4.69, 9.17) is 11.8 Å². The molecule has 0 aromatic rings. The lowest BCUT2D eigenvalue weighted by Crippen LogP contribution is -2.19. The predicted molar refractivity (Wildman–Crippen MR) is 55.3 cm³/mol. The van der Waals surface area contributed by atoms with Crippen molar-refractivity contribution < 1.29 is 13.5 Å². The molecular formula is C9H19ClNO2+. The van der Waals surface area contributed by atoms with E-state index in [1.54, 1.807) is 13.8 Å². The number of nitrogens with zero attached hydrogens (tertiary/aromatic N) is 1. The largest absolute Gasteiger partial charge is 0.463 e. The second-order valence-corrected chi connectivity index (χ2v) is 4.36. The fraction of sp³-hybridized carbons (Fsp3) is 0.667. The number of hydrogen-bond acceptors (Lipinski definition) is 2. The summed E-state index contributed by atoms with van der Waals surface area (Å²) in [5, 5.41) is 0. The zero-order valence-corrected chi connectivity index (χ0v) is 9.81. The minimum absolute atomic E-state index is 0.312. The normalized spacial score (nSPS) is 9.69. The van der Waals surface area contributed by atoms with E-state index in [9.17, 15) is 4.79 Å². The summed E-state index contributed by atoms with van der Waals surface area (Å²) < 4.78 is 5.04. The van der Waals surface area contributed by atoms with Crippen molar-refractivity contribution in [2.45, 2.75) is 13.8 Å².